The predicted molar refractivity (Wildman–Crippen MR) is 94.0 cm³/mol. The molecular formula is C20H15F3N2O2. The van der Waals surface area contributed by atoms with Gasteiger partial charge in [-0.1, -0.05) is 18.2 Å². The number of halogens is 3. The number of amides is 1. The Labute approximate surface area is 153 Å². The first-order valence-electron chi connectivity index (χ1n) is 8.33. The Hall–Kier alpha value is -3.22. The number of anilines is 1. The molecule has 0 aliphatic carbocycles. The monoisotopic (exact) mass is 372 g/mol. The van der Waals surface area contributed by atoms with Gasteiger partial charge in [0.2, 0.25) is 5.91 Å². The lowest BCUT2D eigenvalue weighted by atomic mass is 9.95. The maximum Gasteiger partial charge on any atom is 0.573 e. The number of ether oxygens (including phenoxy) is 1. The van der Waals surface area contributed by atoms with E-state index in [1.807, 2.05) is 47.2 Å². The summed E-state index contributed by atoms with van der Waals surface area (Å²) in [4.78, 5) is 12.3. The summed E-state index contributed by atoms with van der Waals surface area (Å²) < 4.78 is 42.7. The molecule has 0 fully saturated rings. The molecule has 1 aliphatic heterocycles. The molecule has 3 aromatic rings. The van der Waals surface area contributed by atoms with Crippen LogP contribution in [0.2, 0.25) is 0 Å². The second-order valence-electron chi connectivity index (χ2n) is 6.24. The van der Waals surface area contributed by atoms with Gasteiger partial charge in [0, 0.05) is 29.7 Å². The first-order chi connectivity index (χ1) is 12.9. The Morgan fingerprint density at radius 1 is 1.00 bits per heavy atom. The highest BCUT2D eigenvalue weighted by molar-refractivity contribution is 6.03. The number of hydrogen-bond donors (Lipinski definition) is 1. The van der Waals surface area contributed by atoms with Gasteiger partial charge in [0.05, 0.1) is 5.92 Å². The standard InChI is InChI=1S/C20H15F3N2O2/c21-20(22,23)27-15-9-7-13(8-10-15)25-11-3-4-14(25)12-17-16-5-1-2-6-18(16)24-19(17)26/h1-11,17H,12H2,(H,24,26). The molecule has 0 bridgehead atoms. The highest BCUT2D eigenvalue weighted by atomic mass is 19.4. The molecule has 0 saturated heterocycles. The third kappa shape index (κ3) is 3.53. The van der Waals surface area contributed by atoms with Crippen molar-refractivity contribution >= 4 is 11.6 Å². The lowest BCUT2D eigenvalue weighted by Gasteiger charge is -2.14. The van der Waals surface area contributed by atoms with E-state index < -0.39 is 6.36 Å². The van der Waals surface area contributed by atoms with Gasteiger partial charge in [-0.25, -0.2) is 0 Å². The molecule has 0 spiro atoms. The Balaban J connectivity index is 1.58. The number of nitrogens with zero attached hydrogens (tertiary/aromatic N) is 1. The van der Waals surface area contributed by atoms with Crippen molar-refractivity contribution in [3.8, 4) is 11.4 Å². The molecule has 2 aromatic carbocycles. The minimum absolute atomic E-state index is 0.0575. The normalized spacial score (nSPS) is 16.1. The summed E-state index contributed by atoms with van der Waals surface area (Å²) in [6.45, 7) is 0. The highest BCUT2D eigenvalue weighted by Gasteiger charge is 2.32. The average Bonchev–Trinajstić information content (AvgIpc) is 3.20. The van der Waals surface area contributed by atoms with Crippen LogP contribution in [0.5, 0.6) is 5.75 Å². The second kappa shape index (κ2) is 6.50. The fourth-order valence-corrected chi connectivity index (χ4v) is 3.33. The van der Waals surface area contributed by atoms with Crippen LogP contribution < -0.4 is 10.1 Å². The summed E-state index contributed by atoms with van der Waals surface area (Å²) in [7, 11) is 0. The zero-order valence-corrected chi connectivity index (χ0v) is 14.0. The number of para-hydroxylation sites is 1. The lowest BCUT2D eigenvalue weighted by Crippen LogP contribution is -2.17. The van der Waals surface area contributed by atoms with Gasteiger partial charge in [-0.2, -0.15) is 0 Å². The number of fused-ring (bicyclic) bond motifs is 1. The zero-order valence-electron chi connectivity index (χ0n) is 14.0. The van der Waals surface area contributed by atoms with E-state index in [4.69, 9.17) is 0 Å². The van der Waals surface area contributed by atoms with E-state index in [1.165, 1.54) is 12.1 Å². The molecule has 7 heteroatoms. The van der Waals surface area contributed by atoms with E-state index in [0.29, 0.717) is 12.1 Å². The van der Waals surface area contributed by atoms with Gasteiger partial charge in [0.1, 0.15) is 5.75 Å². The number of aromatic nitrogens is 1. The van der Waals surface area contributed by atoms with Crippen LogP contribution in [0.3, 0.4) is 0 Å². The largest absolute Gasteiger partial charge is 0.573 e. The summed E-state index contributed by atoms with van der Waals surface area (Å²) in [6, 6.07) is 16.9. The number of carbonyl (C=O) groups excluding carboxylic acids is 1. The first-order valence-corrected chi connectivity index (χ1v) is 8.33. The van der Waals surface area contributed by atoms with E-state index in [-0.39, 0.29) is 17.6 Å². The van der Waals surface area contributed by atoms with Crippen molar-refractivity contribution in [3.63, 3.8) is 0 Å². The van der Waals surface area contributed by atoms with E-state index in [1.54, 1.807) is 12.1 Å². The van der Waals surface area contributed by atoms with E-state index in [2.05, 4.69) is 10.1 Å². The molecule has 2 heterocycles. The zero-order chi connectivity index (χ0) is 19.0. The van der Waals surface area contributed by atoms with Crippen molar-refractivity contribution in [1.29, 1.82) is 0 Å². The summed E-state index contributed by atoms with van der Waals surface area (Å²) in [5.74, 6) is -0.635. The Bertz CT molecular complexity index is 977. The maximum atomic E-state index is 12.3. The fourth-order valence-electron chi connectivity index (χ4n) is 3.33. The minimum atomic E-state index is -4.72. The smallest absolute Gasteiger partial charge is 0.406 e. The Morgan fingerprint density at radius 3 is 2.48 bits per heavy atom. The van der Waals surface area contributed by atoms with E-state index in [0.717, 1.165) is 16.9 Å². The summed E-state index contributed by atoms with van der Waals surface area (Å²) in [5.41, 5.74) is 3.34. The molecule has 0 saturated carbocycles. The van der Waals surface area contributed by atoms with Crippen LogP contribution in [0, 0.1) is 0 Å². The van der Waals surface area contributed by atoms with Crippen molar-refractivity contribution in [2.24, 2.45) is 0 Å². The lowest BCUT2D eigenvalue weighted by molar-refractivity contribution is -0.274. The quantitative estimate of drug-likeness (QED) is 0.724. The molecule has 1 aliphatic rings. The number of alkyl halides is 3. The van der Waals surface area contributed by atoms with Gasteiger partial charge in [-0.05, 0) is 48.0 Å². The Kier molecular flexibility index (Phi) is 4.14. The fraction of sp³-hybridized carbons (Fsp3) is 0.150. The molecule has 4 rings (SSSR count). The number of rotatable bonds is 4. The van der Waals surface area contributed by atoms with Crippen LogP contribution >= 0.6 is 0 Å². The summed E-state index contributed by atoms with van der Waals surface area (Å²) in [6.07, 6.45) is -2.42. The summed E-state index contributed by atoms with van der Waals surface area (Å²) >= 11 is 0. The molecule has 1 N–H and O–H groups in total. The molecule has 138 valence electrons. The predicted octanol–water partition coefficient (Wildman–Crippen LogP) is 4.65. The molecule has 0 radical (unpaired) electrons. The van der Waals surface area contributed by atoms with Gasteiger partial charge >= 0.3 is 6.36 Å². The summed E-state index contributed by atoms with van der Waals surface area (Å²) in [5, 5.41) is 2.88. The van der Waals surface area contributed by atoms with Crippen molar-refractivity contribution < 1.29 is 22.7 Å². The van der Waals surface area contributed by atoms with Crippen LogP contribution in [-0.4, -0.2) is 16.8 Å². The molecule has 27 heavy (non-hydrogen) atoms. The molecule has 1 aromatic heterocycles. The molecule has 4 nitrogen and oxygen atoms in total. The van der Waals surface area contributed by atoms with Gasteiger partial charge in [0.25, 0.3) is 0 Å². The molecule has 1 amide bonds. The average molecular weight is 372 g/mol. The van der Waals surface area contributed by atoms with Crippen LogP contribution in [0.1, 0.15) is 17.2 Å². The van der Waals surface area contributed by atoms with Crippen LogP contribution in [-0.2, 0) is 11.2 Å². The van der Waals surface area contributed by atoms with E-state index >= 15 is 0 Å². The third-order valence-electron chi connectivity index (χ3n) is 4.51. The highest BCUT2D eigenvalue weighted by Crippen LogP contribution is 2.35. The molecule has 1 atom stereocenters. The number of benzene rings is 2. The van der Waals surface area contributed by atoms with Crippen molar-refractivity contribution in [1.82, 2.24) is 4.57 Å². The van der Waals surface area contributed by atoms with Crippen molar-refractivity contribution in [2.75, 3.05) is 5.32 Å². The van der Waals surface area contributed by atoms with Crippen molar-refractivity contribution in [3.05, 3.63) is 78.1 Å². The number of hydrogen-bond acceptors (Lipinski definition) is 2. The maximum absolute atomic E-state index is 12.3. The number of nitrogens with one attached hydrogen (secondary N) is 1. The van der Waals surface area contributed by atoms with Crippen LogP contribution in [0.25, 0.3) is 5.69 Å². The Morgan fingerprint density at radius 2 is 1.74 bits per heavy atom. The second-order valence-corrected chi connectivity index (χ2v) is 6.24. The minimum Gasteiger partial charge on any atom is -0.406 e. The SMILES string of the molecule is O=C1Nc2ccccc2C1Cc1cccn1-c1ccc(OC(F)(F)F)cc1. The number of carbonyl (C=O) groups is 1. The van der Waals surface area contributed by atoms with Gasteiger partial charge < -0.3 is 14.6 Å². The first kappa shape index (κ1) is 17.2. The van der Waals surface area contributed by atoms with Gasteiger partial charge in [-0.3, -0.25) is 4.79 Å². The van der Waals surface area contributed by atoms with Crippen LogP contribution in [0.4, 0.5) is 18.9 Å². The van der Waals surface area contributed by atoms with Crippen molar-refractivity contribution in [2.45, 2.75) is 18.7 Å². The van der Waals surface area contributed by atoms with E-state index in [9.17, 15) is 18.0 Å². The van der Waals surface area contributed by atoms with Gasteiger partial charge in [0.15, 0.2) is 0 Å². The molecular weight excluding hydrogens is 357 g/mol. The topological polar surface area (TPSA) is 43.3 Å². The van der Waals surface area contributed by atoms with Gasteiger partial charge in [-0.15, -0.1) is 13.2 Å². The molecule has 1 unspecified atom stereocenters. The van der Waals surface area contributed by atoms with Crippen LogP contribution in [0.15, 0.2) is 66.9 Å². The third-order valence-corrected chi connectivity index (χ3v) is 4.51.